The average Bonchev–Trinajstić information content (AvgIpc) is 3.05. The summed E-state index contributed by atoms with van der Waals surface area (Å²) in [6.45, 7) is 6.94. The van der Waals surface area contributed by atoms with Gasteiger partial charge in [0, 0.05) is 29.6 Å². The van der Waals surface area contributed by atoms with E-state index in [1.54, 1.807) is 12.4 Å². The van der Waals surface area contributed by atoms with E-state index in [2.05, 4.69) is 72.5 Å². The third kappa shape index (κ3) is 4.54. The molecule has 0 amide bonds. The van der Waals surface area contributed by atoms with Crippen molar-refractivity contribution in [2.24, 2.45) is 0 Å². The van der Waals surface area contributed by atoms with Gasteiger partial charge in [0.1, 0.15) is 0 Å². The van der Waals surface area contributed by atoms with Crippen LogP contribution in [-0.4, -0.2) is 25.1 Å². The van der Waals surface area contributed by atoms with Gasteiger partial charge in [0.2, 0.25) is 5.95 Å². The molecule has 0 radical (unpaired) electrons. The minimum absolute atomic E-state index is 0.00519. The van der Waals surface area contributed by atoms with Crippen LogP contribution in [0.3, 0.4) is 0 Å². The number of aromatic nitrogens is 5. The number of halogens is 1. The zero-order chi connectivity index (χ0) is 17.9. The summed E-state index contributed by atoms with van der Waals surface area (Å²) < 4.78 is 0.760. The number of pyridine rings is 1. The molecular formula is C17H20BrN7. The van der Waals surface area contributed by atoms with Gasteiger partial charge in [-0.1, -0.05) is 26.8 Å². The molecule has 3 aromatic rings. The lowest BCUT2D eigenvalue weighted by molar-refractivity contribution is 0.567. The van der Waals surface area contributed by atoms with Crippen molar-refractivity contribution >= 4 is 33.5 Å². The number of anilines is 3. The summed E-state index contributed by atoms with van der Waals surface area (Å²) in [4.78, 5) is 13.0. The molecule has 0 saturated carbocycles. The van der Waals surface area contributed by atoms with Crippen LogP contribution in [-0.2, 0) is 12.0 Å². The van der Waals surface area contributed by atoms with Crippen LogP contribution in [0.25, 0.3) is 0 Å². The van der Waals surface area contributed by atoms with Gasteiger partial charge in [0.25, 0.3) is 0 Å². The Balaban J connectivity index is 1.72. The van der Waals surface area contributed by atoms with Crippen LogP contribution in [0, 0.1) is 0 Å². The van der Waals surface area contributed by atoms with E-state index in [4.69, 9.17) is 0 Å². The Morgan fingerprint density at radius 1 is 1.20 bits per heavy atom. The van der Waals surface area contributed by atoms with Crippen LogP contribution in [0.2, 0.25) is 0 Å². The fourth-order valence-electron chi connectivity index (χ4n) is 2.10. The van der Waals surface area contributed by atoms with E-state index in [9.17, 15) is 0 Å². The first-order chi connectivity index (χ1) is 11.9. The van der Waals surface area contributed by atoms with Gasteiger partial charge in [-0.25, -0.2) is 4.98 Å². The molecule has 0 bridgehead atoms. The van der Waals surface area contributed by atoms with Crippen molar-refractivity contribution in [3.63, 3.8) is 0 Å². The maximum absolute atomic E-state index is 4.49. The molecule has 25 heavy (non-hydrogen) atoms. The Morgan fingerprint density at radius 3 is 2.72 bits per heavy atom. The van der Waals surface area contributed by atoms with Crippen LogP contribution in [0.4, 0.5) is 17.6 Å². The molecule has 0 aliphatic heterocycles. The molecule has 0 unspecified atom stereocenters. The van der Waals surface area contributed by atoms with E-state index in [1.807, 2.05) is 24.3 Å². The van der Waals surface area contributed by atoms with Gasteiger partial charge in [0.15, 0.2) is 11.6 Å². The maximum atomic E-state index is 4.49. The van der Waals surface area contributed by atoms with Crippen molar-refractivity contribution in [1.29, 1.82) is 0 Å². The predicted octanol–water partition coefficient (Wildman–Crippen LogP) is 4.01. The van der Waals surface area contributed by atoms with Gasteiger partial charge in [-0.3, -0.25) is 10.1 Å². The van der Waals surface area contributed by atoms with Gasteiger partial charge in [-0.2, -0.15) is 10.1 Å². The smallest absolute Gasteiger partial charge is 0.225 e. The molecule has 3 aromatic heterocycles. The Kier molecular flexibility index (Phi) is 4.98. The number of nitrogens with zero attached hydrogens (tertiary/aromatic N) is 4. The number of H-pyrrole nitrogens is 1. The number of hydrogen-bond acceptors (Lipinski definition) is 6. The monoisotopic (exact) mass is 401 g/mol. The fourth-order valence-corrected chi connectivity index (χ4v) is 2.39. The number of hydrogen-bond donors (Lipinski definition) is 3. The second-order valence-electron chi connectivity index (χ2n) is 6.61. The highest BCUT2D eigenvalue weighted by Crippen LogP contribution is 2.26. The SMILES string of the molecule is CC(C)(C)c1cc(Nc2nc(NCc3ccccn3)ncc2Br)n[nH]1. The molecule has 0 saturated heterocycles. The molecule has 3 heterocycles. The van der Waals surface area contributed by atoms with E-state index in [1.165, 1.54) is 0 Å². The minimum Gasteiger partial charge on any atom is -0.349 e. The molecule has 130 valence electrons. The zero-order valence-corrected chi connectivity index (χ0v) is 15.9. The molecule has 0 atom stereocenters. The summed E-state index contributed by atoms with van der Waals surface area (Å²) in [6.07, 6.45) is 3.46. The van der Waals surface area contributed by atoms with Crippen molar-refractivity contribution in [3.05, 3.63) is 52.5 Å². The molecule has 3 rings (SSSR count). The van der Waals surface area contributed by atoms with E-state index < -0.39 is 0 Å². The lowest BCUT2D eigenvalue weighted by Gasteiger charge is -2.14. The summed E-state index contributed by atoms with van der Waals surface area (Å²) in [7, 11) is 0. The van der Waals surface area contributed by atoms with Gasteiger partial charge < -0.3 is 10.6 Å². The van der Waals surface area contributed by atoms with Crippen LogP contribution >= 0.6 is 15.9 Å². The van der Waals surface area contributed by atoms with Crippen LogP contribution in [0.15, 0.2) is 41.1 Å². The summed E-state index contributed by atoms with van der Waals surface area (Å²) in [6, 6.07) is 7.76. The highest BCUT2D eigenvalue weighted by Gasteiger charge is 2.17. The normalized spacial score (nSPS) is 11.4. The molecule has 0 fully saturated rings. The number of nitrogens with one attached hydrogen (secondary N) is 3. The quantitative estimate of drug-likeness (QED) is 0.597. The highest BCUT2D eigenvalue weighted by atomic mass is 79.9. The Hall–Kier alpha value is -2.48. The first kappa shape index (κ1) is 17.3. The van der Waals surface area contributed by atoms with Gasteiger partial charge in [-0.05, 0) is 28.1 Å². The molecular weight excluding hydrogens is 382 g/mol. The average molecular weight is 402 g/mol. The van der Waals surface area contributed by atoms with Crippen molar-refractivity contribution in [2.75, 3.05) is 10.6 Å². The summed E-state index contributed by atoms with van der Waals surface area (Å²) in [5.74, 6) is 1.87. The van der Waals surface area contributed by atoms with Gasteiger partial charge in [-0.15, -0.1) is 0 Å². The van der Waals surface area contributed by atoms with Crippen molar-refractivity contribution in [3.8, 4) is 0 Å². The van der Waals surface area contributed by atoms with Crippen LogP contribution in [0.1, 0.15) is 32.2 Å². The lowest BCUT2D eigenvalue weighted by Crippen LogP contribution is -2.11. The van der Waals surface area contributed by atoms with Gasteiger partial charge >= 0.3 is 0 Å². The summed E-state index contributed by atoms with van der Waals surface area (Å²) in [5, 5.41) is 13.7. The largest absolute Gasteiger partial charge is 0.349 e. The predicted molar refractivity (Wildman–Crippen MR) is 102 cm³/mol. The minimum atomic E-state index is 0.00519. The second kappa shape index (κ2) is 7.18. The summed E-state index contributed by atoms with van der Waals surface area (Å²) in [5.41, 5.74) is 1.98. The Morgan fingerprint density at radius 2 is 2.04 bits per heavy atom. The maximum Gasteiger partial charge on any atom is 0.225 e. The third-order valence-corrected chi connectivity index (χ3v) is 4.11. The zero-order valence-electron chi connectivity index (χ0n) is 14.3. The van der Waals surface area contributed by atoms with Gasteiger partial charge in [0.05, 0.1) is 16.7 Å². The molecule has 3 N–H and O–H groups in total. The van der Waals surface area contributed by atoms with Crippen molar-refractivity contribution in [2.45, 2.75) is 32.7 Å². The topological polar surface area (TPSA) is 91.4 Å². The molecule has 0 aromatic carbocycles. The highest BCUT2D eigenvalue weighted by molar-refractivity contribution is 9.10. The van der Waals surface area contributed by atoms with E-state index in [0.717, 1.165) is 15.9 Å². The third-order valence-electron chi connectivity index (χ3n) is 3.53. The molecule has 0 spiro atoms. The lowest BCUT2D eigenvalue weighted by atomic mass is 9.92. The van der Waals surface area contributed by atoms with Crippen LogP contribution in [0.5, 0.6) is 0 Å². The first-order valence-corrected chi connectivity index (χ1v) is 8.70. The standard InChI is InChI=1S/C17H20BrN7/c1-17(2,3)13-8-14(25-24-13)22-15-12(18)10-21-16(23-15)20-9-11-6-4-5-7-19-11/h4-8,10H,9H2,1-3H3,(H3,20,21,22,23,24,25). The fraction of sp³-hybridized carbons (Fsp3) is 0.294. The first-order valence-electron chi connectivity index (χ1n) is 7.91. The van der Waals surface area contributed by atoms with E-state index in [-0.39, 0.29) is 5.41 Å². The number of rotatable bonds is 5. The second-order valence-corrected chi connectivity index (χ2v) is 7.46. The molecule has 7 nitrogen and oxygen atoms in total. The Bertz CT molecular complexity index is 840. The molecule has 0 aliphatic rings. The Labute approximate surface area is 154 Å². The van der Waals surface area contributed by atoms with E-state index in [0.29, 0.717) is 24.1 Å². The van der Waals surface area contributed by atoms with Crippen LogP contribution < -0.4 is 10.6 Å². The van der Waals surface area contributed by atoms with Crippen molar-refractivity contribution < 1.29 is 0 Å². The van der Waals surface area contributed by atoms with Crippen molar-refractivity contribution in [1.82, 2.24) is 25.1 Å². The van der Waals surface area contributed by atoms with E-state index >= 15 is 0 Å². The molecule has 8 heteroatoms. The summed E-state index contributed by atoms with van der Waals surface area (Å²) >= 11 is 3.46. The number of aromatic amines is 1. The molecule has 0 aliphatic carbocycles.